The fraction of sp³-hybridized carbons (Fsp3) is 0.833. The maximum atomic E-state index is 9.22. The second kappa shape index (κ2) is 4.79. The second-order valence-electron chi connectivity index (χ2n) is 2.21. The molecule has 3 heteroatoms. The summed E-state index contributed by atoms with van der Waals surface area (Å²) in [7, 11) is 0. The number of nitrogens with two attached hydrogens (primary N) is 1. The molecule has 0 atom stereocenters. The van der Waals surface area contributed by atoms with Gasteiger partial charge in [-0.1, -0.05) is 15.9 Å². The van der Waals surface area contributed by atoms with Crippen molar-refractivity contribution in [2.45, 2.75) is 19.8 Å². The number of carbonyl (C=O) groups excluding carboxylic acids is 1. The molecule has 0 aromatic carbocycles. The predicted molar refractivity (Wildman–Crippen MR) is 41.4 cm³/mol. The molecule has 1 aliphatic carbocycles. The molecule has 0 unspecified atom stereocenters. The van der Waals surface area contributed by atoms with E-state index in [4.69, 9.17) is 0 Å². The van der Waals surface area contributed by atoms with Crippen molar-refractivity contribution in [1.82, 2.24) is 0 Å². The van der Waals surface area contributed by atoms with Gasteiger partial charge in [0.05, 0.1) is 0 Å². The number of carbonyl (C=O) groups is 1. The summed E-state index contributed by atoms with van der Waals surface area (Å²) in [4.78, 5) is 9.22. The van der Waals surface area contributed by atoms with Crippen molar-refractivity contribution in [2.75, 3.05) is 5.33 Å². The van der Waals surface area contributed by atoms with E-state index in [0.717, 1.165) is 5.92 Å². The maximum absolute atomic E-state index is 9.22. The van der Waals surface area contributed by atoms with Crippen LogP contribution in [0, 0.1) is 5.92 Å². The molecule has 1 amide bonds. The molecule has 1 fully saturated rings. The largest absolute Gasteiger partial charge is 0.370 e. The normalized spacial score (nSPS) is 15.8. The Morgan fingerprint density at radius 2 is 2.11 bits per heavy atom. The molecule has 1 rings (SSSR count). The zero-order chi connectivity index (χ0) is 7.28. The Bertz CT molecular complexity index is 87.1. The van der Waals surface area contributed by atoms with Gasteiger partial charge in [-0.25, -0.2) is 0 Å². The van der Waals surface area contributed by atoms with Gasteiger partial charge in [0.2, 0.25) is 5.91 Å². The number of hydrogen-bond acceptors (Lipinski definition) is 1. The molecule has 2 nitrogen and oxygen atoms in total. The molecule has 2 N–H and O–H groups in total. The SMILES string of the molecule is BrCC1CC1.CC(N)=O. The fourth-order valence-corrected chi connectivity index (χ4v) is 0.920. The van der Waals surface area contributed by atoms with E-state index in [2.05, 4.69) is 21.7 Å². The lowest BCUT2D eigenvalue weighted by atomic mass is 10.5. The summed E-state index contributed by atoms with van der Waals surface area (Å²) in [6.45, 7) is 1.31. The van der Waals surface area contributed by atoms with Gasteiger partial charge in [-0.2, -0.15) is 0 Å². The molecule has 1 aliphatic rings. The van der Waals surface area contributed by atoms with Crippen LogP contribution in [0.3, 0.4) is 0 Å². The molecular formula is C6H12BrNO. The van der Waals surface area contributed by atoms with Gasteiger partial charge in [-0.05, 0) is 18.8 Å². The summed E-state index contributed by atoms with van der Waals surface area (Å²) in [5.74, 6) is 0.718. The summed E-state index contributed by atoms with van der Waals surface area (Å²) < 4.78 is 0. The third kappa shape index (κ3) is 11.5. The van der Waals surface area contributed by atoms with Crippen LogP contribution >= 0.6 is 15.9 Å². The number of halogens is 1. The van der Waals surface area contributed by atoms with Crippen molar-refractivity contribution in [3.05, 3.63) is 0 Å². The molecule has 9 heavy (non-hydrogen) atoms. The summed E-state index contributed by atoms with van der Waals surface area (Å²) in [6.07, 6.45) is 2.93. The Hall–Kier alpha value is -0.0500. The number of hydrogen-bond donors (Lipinski definition) is 1. The molecule has 0 spiro atoms. The lowest BCUT2D eigenvalue weighted by Gasteiger charge is -1.70. The first-order chi connectivity index (χ1) is 4.16. The van der Waals surface area contributed by atoms with Gasteiger partial charge in [-0.15, -0.1) is 0 Å². The van der Waals surface area contributed by atoms with Crippen molar-refractivity contribution in [2.24, 2.45) is 11.7 Å². The van der Waals surface area contributed by atoms with Gasteiger partial charge in [0.15, 0.2) is 0 Å². The van der Waals surface area contributed by atoms with Gasteiger partial charge in [-0.3, -0.25) is 4.79 Å². The molecule has 54 valence electrons. The first kappa shape index (κ1) is 8.95. The monoisotopic (exact) mass is 193 g/mol. The van der Waals surface area contributed by atoms with Crippen molar-refractivity contribution in [1.29, 1.82) is 0 Å². The first-order valence-electron chi connectivity index (χ1n) is 2.98. The van der Waals surface area contributed by atoms with E-state index in [0.29, 0.717) is 0 Å². The predicted octanol–water partition coefficient (Wildman–Crippen LogP) is 1.28. The molecule has 0 heterocycles. The van der Waals surface area contributed by atoms with Crippen LogP contribution < -0.4 is 5.73 Å². The van der Waals surface area contributed by atoms with E-state index in [1.807, 2.05) is 0 Å². The third-order valence-electron chi connectivity index (χ3n) is 0.915. The van der Waals surface area contributed by atoms with Crippen LogP contribution in [0.5, 0.6) is 0 Å². The highest BCUT2D eigenvalue weighted by Crippen LogP contribution is 2.29. The molecule has 0 aliphatic heterocycles. The molecular weight excluding hydrogens is 182 g/mol. The lowest BCUT2D eigenvalue weighted by Crippen LogP contribution is -2.01. The van der Waals surface area contributed by atoms with Crippen LogP contribution in [-0.2, 0) is 4.79 Å². The van der Waals surface area contributed by atoms with Gasteiger partial charge in [0.1, 0.15) is 0 Å². The second-order valence-corrected chi connectivity index (χ2v) is 2.86. The van der Waals surface area contributed by atoms with Crippen LogP contribution in [0.15, 0.2) is 0 Å². The van der Waals surface area contributed by atoms with Crippen molar-refractivity contribution < 1.29 is 4.79 Å². The Morgan fingerprint density at radius 3 is 2.11 bits per heavy atom. The fourth-order valence-electron chi connectivity index (χ4n) is 0.272. The topological polar surface area (TPSA) is 43.1 Å². The number of primary amides is 1. The molecule has 0 aromatic heterocycles. The molecule has 0 radical (unpaired) electrons. The van der Waals surface area contributed by atoms with Crippen LogP contribution in [0.4, 0.5) is 0 Å². The van der Waals surface area contributed by atoms with Crippen LogP contribution in [0.1, 0.15) is 19.8 Å². The Balaban J connectivity index is 0.000000148. The minimum Gasteiger partial charge on any atom is -0.370 e. The molecule has 0 bridgehead atoms. The zero-order valence-corrected chi connectivity index (χ0v) is 7.15. The number of amides is 1. The van der Waals surface area contributed by atoms with E-state index in [9.17, 15) is 4.79 Å². The quantitative estimate of drug-likeness (QED) is 0.627. The van der Waals surface area contributed by atoms with Gasteiger partial charge < -0.3 is 5.73 Å². The third-order valence-corrected chi connectivity index (χ3v) is 1.83. The molecule has 0 saturated heterocycles. The highest BCUT2D eigenvalue weighted by Gasteiger charge is 2.18. The van der Waals surface area contributed by atoms with Crippen LogP contribution in [0.25, 0.3) is 0 Å². The minimum atomic E-state index is -0.333. The Labute approximate surface area is 63.9 Å². The van der Waals surface area contributed by atoms with Gasteiger partial charge in [0.25, 0.3) is 0 Å². The van der Waals surface area contributed by atoms with E-state index >= 15 is 0 Å². The minimum absolute atomic E-state index is 0.333. The van der Waals surface area contributed by atoms with Gasteiger partial charge >= 0.3 is 0 Å². The highest BCUT2D eigenvalue weighted by molar-refractivity contribution is 9.09. The standard InChI is InChI=1S/C4H7Br.C2H5NO/c5-3-4-1-2-4;1-2(3)4/h4H,1-3H2;1H3,(H2,3,4). The summed E-state index contributed by atoms with van der Waals surface area (Å²) >= 11 is 3.38. The van der Waals surface area contributed by atoms with E-state index in [-0.39, 0.29) is 5.91 Å². The van der Waals surface area contributed by atoms with E-state index < -0.39 is 0 Å². The first-order valence-corrected chi connectivity index (χ1v) is 4.11. The van der Waals surface area contributed by atoms with Crippen molar-refractivity contribution >= 4 is 21.8 Å². The lowest BCUT2D eigenvalue weighted by molar-refractivity contribution is -0.115. The number of alkyl halides is 1. The summed E-state index contributed by atoms with van der Waals surface area (Å²) in [5.41, 5.74) is 4.47. The van der Waals surface area contributed by atoms with Crippen molar-refractivity contribution in [3.8, 4) is 0 Å². The average molecular weight is 194 g/mol. The maximum Gasteiger partial charge on any atom is 0.214 e. The summed E-state index contributed by atoms with van der Waals surface area (Å²) in [5, 5.41) is 1.23. The highest BCUT2D eigenvalue weighted by atomic mass is 79.9. The van der Waals surface area contributed by atoms with Gasteiger partial charge in [0, 0.05) is 12.3 Å². The Kier molecular flexibility index (Phi) is 4.77. The molecule has 0 aromatic rings. The van der Waals surface area contributed by atoms with Crippen molar-refractivity contribution in [3.63, 3.8) is 0 Å². The van der Waals surface area contributed by atoms with Crippen LogP contribution in [0.2, 0.25) is 0 Å². The number of rotatable bonds is 1. The van der Waals surface area contributed by atoms with E-state index in [1.54, 1.807) is 0 Å². The zero-order valence-electron chi connectivity index (χ0n) is 5.56. The average Bonchev–Trinajstić information content (AvgIpc) is 2.43. The Morgan fingerprint density at radius 1 is 1.78 bits per heavy atom. The summed E-state index contributed by atoms with van der Waals surface area (Å²) in [6, 6.07) is 0. The van der Waals surface area contributed by atoms with E-state index in [1.165, 1.54) is 25.1 Å². The molecule has 1 saturated carbocycles. The smallest absolute Gasteiger partial charge is 0.214 e. The van der Waals surface area contributed by atoms with Crippen LogP contribution in [-0.4, -0.2) is 11.2 Å².